The second-order valence-corrected chi connectivity index (χ2v) is 4.97. The molecule has 1 rings (SSSR count). The third-order valence-corrected chi connectivity index (χ3v) is 2.97. The maximum Gasteiger partial charge on any atom is 0.311 e. The molecule has 0 bridgehead atoms. The average molecular weight is 282 g/mol. The van der Waals surface area contributed by atoms with Gasteiger partial charge >= 0.3 is 5.69 Å². The highest BCUT2D eigenvalue weighted by Gasteiger charge is 2.17. The minimum atomic E-state index is -0.458. The number of nitro groups is 1. The predicted octanol–water partition coefficient (Wildman–Crippen LogP) is 2.81. The molecular formula is C14H22N2O4. The zero-order valence-electron chi connectivity index (χ0n) is 12.1. The molecule has 0 aliphatic rings. The zero-order chi connectivity index (χ0) is 15.1. The third-order valence-electron chi connectivity index (χ3n) is 2.97. The van der Waals surface area contributed by atoms with Gasteiger partial charge in [-0.1, -0.05) is 20.8 Å². The summed E-state index contributed by atoms with van der Waals surface area (Å²) in [7, 11) is 0. The van der Waals surface area contributed by atoms with Gasteiger partial charge in [0.05, 0.1) is 24.2 Å². The van der Waals surface area contributed by atoms with E-state index in [1.54, 1.807) is 12.1 Å². The molecule has 0 heterocycles. The van der Waals surface area contributed by atoms with E-state index in [1.807, 2.05) is 20.8 Å². The van der Waals surface area contributed by atoms with E-state index in [0.717, 1.165) is 6.42 Å². The van der Waals surface area contributed by atoms with Crippen molar-refractivity contribution in [2.45, 2.75) is 33.2 Å². The number of rotatable bonds is 8. The number of nitro benzene ring substituents is 1. The van der Waals surface area contributed by atoms with E-state index in [9.17, 15) is 15.2 Å². The summed E-state index contributed by atoms with van der Waals surface area (Å²) >= 11 is 0. The molecule has 0 fully saturated rings. The van der Waals surface area contributed by atoms with E-state index >= 15 is 0 Å². The molecule has 1 aromatic rings. The van der Waals surface area contributed by atoms with E-state index in [4.69, 9.17) is 4.74 Å². The summed E-state index contributed by atoms with van der Waals surface area (Å²) < 4.78 is 5.42. The number of anilines is 1. The van der Waals surface area contributed by atoms with E-state index < -0.39 is 4.92 Å². The summed E-state index contributed by atoms with van der Waals surface area (Å²) in [5.41, 5.74) is 0.656. The van der Waals surface area contributed by atoms with Gasteiger partial charge in [0, 0.05) is 17.8 Å². The fourth-order valence-corrected chi connectivity index (χ4v) is 1.72. The SMILES string of the molecule is CCCOc1cc(NC(CO)C(C)C)ccc1[N+](=O)[O-]. The molecule has 0 aliphatic heterocycles. The number of nitrogens with one attached hydrogen (secondary N) is 1. The van der Waals surface area contributed by atoms with Crippen LogP contribution in [0.15, 0.2) is 18.2 Å². The van der Waals surface area contributed by atoms with Crippen molar-refractivity contribution in [3.05, 3.63) is 28.3 Å². The molecule has 0 radical (unpaired) electrons. The van der Waals surface area contributed by atoms with Crippen LogP contribution in [0.4, 0.5) is 11.4 Å². The maximum absolute atomic E-state index is 10.9. The Morgan fingerprint density at radius 3 is 2.65 bits per heavy atom. The standard InChI is InChI=1S/C14H22N2O4/c1-4-7-20-14-8-11(5-6-13(14)16(18)19)15-12(9-17)10(2)3/h5-6,8,10,12,15,17H,4,7,9H2,1-3H3. The Morgan fingerprint density at radius 2 is 2.15 bits per heavy atom. The molecule has 6 nitrogen and oxygen atoms in total. The van der Waals surface area contributed by atoms with Crippen LogP contribution in [-0.2, 0) is 0 Å². The predicted molar refractivity (Wildman–Crippen MR) is 78.2 cm³/mol. The molecule has 2 N–H and O–H groups in total. The van der Waals surface area contributed by atoms with Gasteiger partial charge in [-0.15, -0.1) is 0 Å². The summed E-state index contributed by atoms with van der Waals surface area (Å²) in [6, 6.07) is 4.55. The first kappa shape index (κ1) is 16.2. The first-order chi connectivity index (χ1) is 9.49. The number of benzene rings is 1. The van der Waals surface area contributed by atoms with Gasteiger partial charge in [0.2, 0.25) is 0 Å². The van der Waals surface area contributed by atoms with Crippen molar-refractivity contribution in [1.29, 1.82) is 0 Å². The quantitative estimate of drug-likeness (QED) is 0.565. The van der Waals surface area contributed by atoms with Gasteiger partial charge < -0.3 is 15.2 Å². The molecule has 112 valence electrons. The molecule has 20 heavy (non-hydrogen) atoms. The second kappa shape index (κ2) is 7.69. The van der Waals surface area contributed by atoms with E-state index in [2.05, 4.69) is 5.32 Å². The Bertz CT molecular complexity index is 449. The van der Waals surface area contributed by atoms with Gasteiger partial charge in [0.1, 0.15) is 0 Å². The van der Waals surface area contributed by atoms with Crippen LogP contribution in [0.5, 0.6) is 5.75 Å². The monoisotopic (exact) mass is 282 g/mol. The lowest BCUT2D eigenvalue weighted by Gasteiger charge is -2.21. The number of aliphatic hydroxyl groups excluding tert-OH is 1. The molecule has 0 saturated heterocycles. The van der Waals surface area contributed by atoms with Gasteiger partial charge in [0.15, 0.2) is 5.75 Å². The lowest BCUT2D eigenvalue weighted by Crippen LogP contribution is -2.29. The molecule has 0 aromatic heterocycles. The van der Waals surface area contributed by atoms with Crippen molar-refractivity contribution < 1.29 is 14.8 Å². The summed E-state index contributed by atoms with van der Waals surface area (Å²) in [4.78, 5) is 10.5. The average Bonchev–Trinajstić information content (AvgIpc) is 2.41. The molecule has 0 saturated carbocycles. The molecule has 1 unspecified atom stereocenters. The number of ether oxygens (including phenoxy) is 1. The Balaban J connectivity index is 2.96. The highest BCUT2D eigenvalue weighted by molar-refractivity contribution is 5.58. The van der Waals surface area contributed by atoms with Gasteiger partial charge in [-0.05, 0) is 18.4 Å². The van der Waals surface area contributed by atoms with Crippen molar-refractivity contribution in [1.82, 2.24) is 0 Å². The molecule has 0 amide bonds. The summed E-state index contributed by atoms with van der Waals surface area (Å²) in [6.45, 7) is 6.35. The van der Waals surface area contributed by atoms with Gasteiger partial charge in [-0.2, -0.15) is 0 Å². The number of hydrogen-bond acceptors (Lipinski definition) is 5. The minimum Gasteiger partial charge on any atom is -0.487 e. The molecule has 0 spiro atoms. The fraction of sp³-hybridized carbons (Fsp3) is 0.571. The highest BCUT2D eigenvalue weighted by Crippen LogP contribution is 2.30. The Morgan fingerprint density at radius 1 is 1.45 bits per heavy atom. The van der Waals surface area contributed by atoms with Crippen molar-refractivity contribution in [2.75, 3.05) is 18.5 Å². The summed E-state index contributed by atoms with van der Waals surface area (Å²) in [6.07, 6.45) is 0.778. The highest BCUT2D eigenvalue weighted by atomic mass is 16.6. The lowest BCUT2D eigenvalue weighted by atomic mass is 10.1. The van der Waals surface area contributed by atoms with Crippen molar-refractivity contribution in [3.63, 3.8) is 0 Å². The van der Waals surface area contributed by atoms with Gasteiger partial charge in [-0.25, -0.2) is 0 Å². The number of aliphatic hydroxyl groups is 1. The molecule has 6 heteroatoms. The van der Waals surface area contributed by atoms with Crippen LogP contribution in [0.25, 0.3) is 0 Å². The van der Waals surface area contributed by atoms with Crippen molar-refractivity contribution in [3.8, 4) is 5.75 Å². The molecule has 1 atom stereocenters. The normalized spacial score (nSPS) is 12.2. The largest absolute Gasteiger partial charge is 0.487 e. The minimum absolute atomic E-state index is 0.000194. The van der Waals surface area contributed by atoms with Crippen LogP contribution >= 0.6 is 0 Å². The maximum atomic E-state index is 10.9. The van der Waals surface area contributed by atoms with Gasteiger partial charge in [0.25, 0.3) is 0 Å². The van der Waals surface area contributed by atoms with Crippen LogP contribution in [0.3, 0.4) is 0 Å². The van der Waals surface area contributed by atoms with Crippen LogP contribution in [0.1, 0.15) is 27.2 Å². The first-order valence-corrected chi connectivity index (χ1v) is 6.78. The Labute approximate surface area is 118 Å². The van der Waals surface area contributed by atoms with Crippen LogP contribution in [0, 0.1) is 16.0 Å². The van der Waals surface area contributed by atoms with Crippen molar-refractivity contribution >= 4 is 11.4 Å². The lowest BCUT2D eigenvalue weighted by molar-refractivity contribution is -0.385. The Kier molecular flexibility index (Phi) is 6.24. The smallest absolute Gasteiger partial charge is 0.311 e. The zero-order valence-corrected chi connectivity index (χ0v) is 12.1. The number of hydrogen-bond donors (Lipinski definition) is 2. The van der Waals surface area contributed by atoms with Crippen LogP contribution < -0.4 is 10.1 Å². The van der Waals surface area contributed by atoms with E-state index in [-0.39, 0.29) is 30.0 Å². The van der Waals surface area contributed by atoms with E-state index in [1.165, 1.54) is 6.07 Å². The number of nitrogens with zero attached hydrogens (tertiary/aromatic N) is 1. The fourth-order valence-electron chi connectivity index (χ4n) is 1.72. The molecule has 1 aromatic carbocycles. The van der Waals surface area contributed by atoms with Crippen LogP contribution in [0.2, 0.25) is 0 Å². The van der Waals surface area contributed by atoms with E-state index in [0.29, 0.717) is 12.3 Å². The van der Waals surface area contributed by atoms with Gasteiger partial charge in [-0.3, -0.25) is 10.1 Å². The van der Waals surface area contributed by atoms with Crippen LogP contribution in [-0.4, -0.2) is 29.3 Å². The third kappa shape index (κ3) is 4.38. The second-order valence-electron chi connectivity index (χ2n) is 4.97. The molecular weight excluding hydrogens is 260 g/mol. The topological polar surface area (TPSA) is 84.6 Å². The summed E-state index contributed by atoms with van der Waals surface area (Å²) in [5, 5.41) is 23.4. The van der Waals surface area contributed by atoms with Crippen molar-refractivity contribution in [2.24, 2.45) is 5.92 Å². The first-order valence-electron chi connectivity index (χ1n) is 6.78. The molecule has 0 aliphatic carbocycles. The summed E-state index contributed by atoms with van der Waals surface area (Å²) in [5.74, 6) is 0.498. The Hall–Kier alpha value is -1.82.